The first kappa shape index (κ1) is 34.9. The second-order valence-corrected chi connectivity index (χ2v) is 13.7. The van der Waals surface area contributed by atoms with Gasteiger partial charge in [0.2, 0.25) is 0 Å². The van der Waals surface area contributed by atoms with Gasteiger partial charge in [-0.2, -0.15) is 4.89 Å². The SMILES string of the molecule is COc1ccc(C(OCC2CC([P+](=O)O)CC(n3cnc4c(NC(=O)c5ccccc5)ncnc43)O2)(c2ccccc2)c2ccc(OC)cc2)cc1. The molecule has 13 heteroatoms. The summed E-state index contributed by atoms with van der Waals surface area (Å²) < 4.78 is 39.1. The average molecular weight is 719 g/mol. The summed E-state index contributed by atoms with van der Waals surface area (Å²) in [5, 5.41) is 2.82. The smallest absolute Gasteiger partial charge is 0.497 e. The third-order valence-corrected chi connectivity index (χ3v) is 10.3. The monoisotopic (exact) mass is 718 g/mol. The van der Waals surface area contributed by atoms with Gasteiger partial charge in [-0.25, -0.2) is 15.0 Å². The van der Waals surface area contributed by atoms with Crippen molar-refractivity contribution in [2.75, 3.05) is 26.1 Å². The van der Waals surface area contributed by atoms with E-state index in [9.17, 15) is 14.3 Å². The molecule has 6 aromatic rings. The number of imidazole rings is 1. The molecule has 7 rings (SSSR count). The topological polar surface area (TPSA) is 147 Å². The van der Waals surface area contributed by atoms with Crippen LogP contribution in [0, 0.1) is 0 Å². The number of carbonyl (C=O) groups excluding carboxylic acids is 1. The fourth-order valence-electron chi connectivity index (χ4n) is 6.65. The van der Waals surface area contributed by atoms with Crippen LogP contribution in [0.2, 0.25) is 0 Å². The van der Waals surface area contributed by atoms with E-state index in [2.05, 4.69) is 20.3 Å². The molecule has 0 aliphatic carbocycles. The van der Waals surface area contributed by atoms with Gasteiger partial charge in [0.15, 0.2) is 22.6 Å². The van der Waals surface area contributed by atoms with Crippen molar-refractivity contribution in [1.82, 2.24) is 19.5 Å². The maximum atomic E-state index is 12.9. The summed E-state index contributed by atoms with van der Waals surface area (Å²) in [6, 6.07) is 34.1. The van der Waals surface area contributed by atoms with Gasteiger partial charge in [-0.1, -0.05) is 72.8 Å². The van der Waals surface area contributed by atoms with Crippen molar-refractivity contribution in [3.05, 3.63) is 144 Å². The molecule has 2 N–H and O–H groups in total. The summed E-state index contributed by atoms with van der Waals surface area (Å²) in [6.45, 7) is 0.0725. The van der Waals surface area contributed by atoms with Crippen LogP contribution in [0.4, 0.5) is 5.82 Å². The van der Waals surface area contributed by atoms with E-state index < -0.39 is 31.6 Å². The zero-order valence-electron chi connectivity index (χ0n) is 28.5. The maximum Gasteiger partial charge on any atom is 0.508 e. The van der Waals surface area contributed by atoms with Crippen molar-refractivity contribution in [2.24, 2.45) is 0 Å². The molecule has 264 valence electrons. The lowest BCUT2D eigenvalue weighted by Gasteiger charge is -2.39. The molecule has 1 aliphatic heterocycles. The molecule has 0 saturated carbocycles. The van der Waals surface area contributed by atoms with Crippen LogP contribution in [0.5, 0.6) is 11.5 Å². The minimum absolute atomic E-state index is 0.0725. The molecule has 52 heavy (non-hydrogen) atoms. The zero-order chi connectivity index (χ0) is 36.1. The first-order valence-electron chi connectivity index (χ1n) is 16.7. The molecule has 1 amide bonds. The van der Waals surface area contributed by atoms with Crippen LogP contribution in [0.25, 0.3) is 11.2 Å². The minimum atomic E-state index is -2.55. The quantitative estimate of drug-likeness (QED) is 0.101. The van der Waals surface area contributed by atoms with Gasteiger partial charge in [-0.15, -0.1) is 0 Å². The lowest BCUT2D eigenvalue weighted by Crippen LogP contribution is -2.40. The third-order valence-electron chi connectivity index (χ3n) is 9.27. The molecule has 1 aliphatic rings. The first-order valence-corrected chi connectivity index (χ1v) is 18.0. The molecule has 3 heterocycles. The van der Waals surface area contributed by atoms with Gasteiger partial charge in [-0.05, 0) is 57.7 Å². The highest BCUT2D eigenvalue weighted by molar-refractivity contribution is 7.38. The van der Waals surface area contributed by atoms with E-state index in [-0.39, 0.29) is 31.2 Å². The van der Waals surface area contributed by atoms with E-state index in [1.165, 1.54) is 6.33 Å². The number of hydrogen-bond donors (Lipinski definition) is 2. The number of ether oxygens (including phenoxy) is 4. The Kier molecular flexibility index (Phi) is 10.3. The van der Waals surface area contributed by atoms with E-state index in [1.54, 1.807) is 49.4 Å². The van der Waals surface area contributed by atoms with E-state index in [0.29, 0.717) is 28.2 Å². The Morgan fingerprint density at radius 3 is 2.04 bits per heavy atom. The van der Waals surface area contributed by atoms with E-state index in [1.807, 2.05) is 84.9 Å². The molecule has 0 spiro atoms. The Bertz CT molecular complexity index is 2100. The number of nitrogens with one attached hydrogen (secondary N) is 1. The van der Waals surface area contributed by atoms with E-state index >= 15 is 0 Å². The number of aromatic nitrogens is 4. The second-order valence-electron chi connectivity index (χ2n) is 12.3. The highest BCUT2D eigenvalue weighted by Crippen LogP contribution is 2.44. The largest absolute Gasteiger partial charge is 0.508 e. The summed E-state index contributed by atoms with van der Waals surface area (Å²) >= 11 is 0. The molecule has 4 aromatic carbocycles. The summed E-state index contributed by atoms with van der Waals surface area (Å²) in [6.07, 6.45) is 2.13. The number of nitrogens with zero attached hydrogens (tertiary/aromatic N) is 4. The third kappa shape index (κ3) is 7.02. The Morgan fingerprint density at radius 2 is 1.44 bits per heavy atom. The number of rotatable bonds is 12. The van der Waals surface area contributed by atoms with Gasteiger partial charge in [0.05, 0.1) is 33.3 Å². The molecule has 1 saturated heterocycles. The van der Waals surface area contributed by atoms with Crippen molar-refractivity contribution in [3.8, 4) is 11.5 Å². The molecule has 4 atom stereocenters. The number of anilines is 1. The molecular formula is C39H37N5O7P+. The van der Waals surface area contributed by atoms with Crippen LogP contribution in [-0.4, -0.2) is 62.9 Å². The number of fused-ring (bicyclic) bond motifs is 1. The van der Waals surface area contributed by atoms with Crippen LogP contribution >= 0.6 is 8.03 Å². The Balaban J connectivity index is 1.22. The van der Waals surface area contributed by atoms with Crippen molar-refractivity contribution >= 4 is 30.9 Å². The van der Waals surface area contributed by atoms with Gasteiger partial charge >= 0.3 is 8.03 Å². The van der Waals surface area contributed by atoms with Crippen LogP contribution < -0.4 is 14.8 Å². The van der Waals surface area contributed by atoms with Crippen molar-refractivity contribution in [2.45, 2.75) is 36.4 Å². The summed E-state index contributed by atoms with van der Waals surface area (Å²) in [5.41, 5.74) is 2.13. The predicted octanol–water partition coefficient (Wildman–Crippen LogP) is 6.89. The Morgan fingerprint density at radius 1 is 0.846 bits per heavy atom. The van der Waals surface area contributed by atoms with Crippen molar-refractivity contribution in [1.29, 1.82) is 0 Å². The number of hydrogen-bond acceptors (Lipinski definition) is 9. The second kappa shape index (κ2) is 15.4. The minimum Gasteiger partial charge on any atom is -0.497 e. The fraction of sp³-hybridized carbons (Fsp3) is 0.231. The van der Waals surface area contributed by atoms with Gasteiger partial charge < -0.3 is 24.3 Å². The zero-order valence-corrected chi connectivity index (χ0v) is 29.4. The molecule has 0 bridgehead atoms. The van der Waals surface area contributed by atoms with Gasteiger partial charge in [0.25, 0.3) is 5.91 Å². The molecular weight excluding hydrogens is 681 g/mol. The molecule has 0 radical (unpaired) electrons. The number of amides is 1. The van der Waals surface area contributed by atoms with Gasteiger partial charge in [0, 0.05) is 18.4 Å². The van der Waals surface area contributed by atoms with Crippen LogP contribution in [0.1, 0.15) is 46.1 Å². The highest BCUT2D eigenvalue weighted by Gasteiger charge is 2.44. The summed E-state index contributed by atoms with van der Waals surface area (Å²) in [4.78, 5) is 36.6. The van der Waals surface area contributed by atoms with Crippen LogP contribution in [0.3, 0.4) is 0 Å². The maximum absolute atomic E-state index is 12.9. The molecule has 12 nitrogen and oxygen atoms in total. The first-order chi connectivity index (χ1) is 25.4. The van der Waals surface area contributed by atoms with Crippen LogP contribution in [-0.2, 0) is 19.6 Å². The van der Waals surface area contributed by atoms with E-state index in [4.69, 9.17) is 18.9 Å². The number of methoxy groups -OCH3 is 2. The fourth-order valence-corrected chi connectivity index (χ4v) is 7.42. The predicted molar refractivity (Wildman–Crippen MR) is 195 cm³/mol. The van der Waals surface area contributed by atoms with Crippen molar-refractivity contribution in [3.63, 3.8) is 0 Å². The van der Waals surface area contributed by atoms with Gasteiger partial charge in [0.1, 0.15) is 29.7 Å². The van der Waals surface area contributed by atoms with Crippen molar-refractivity contribution < 1.29 is 33.2 Å². The lowest BCUT2D eigenvalue weighted by atomic mass is 9.80. The van der Waals surface area contributed by atoms with E-state index in [0.717, 1.165) is 16.7 Å². The summed E-state index contributed by atoms with van der Waals surface area (Å²) in [7, 11) is 0.688. The van der Waals surface area contributed by atoms with Gasteiger partial charge in [-0.3, -0.25) is 9.36 Å². The molecule has 2 aromatic heterocycles. The average Bonchev–Trinajstić information content (AvgIpc) is 3.64. The Hall–Kier alpha value is -5.52. The highest BCUT2D eigenvalue weighted by atomic mass is 31.1. The summed E-state index contributed by atoms with van der Waals surface area (Å²) in [5.74, 6) is 1.30. The normalized spacial score (nSPS) is 17.8. The molecule has 1 fully saturated rings. The standard InChI is InChI=1S/C39H36N5O7P/c1-48-30-17-13-28(14-18-30)39(27-11-7-4-8-12-27,29-15-19-31(49-2)20-16-29)50-23-32-21-33(52(46)47)22-34(51-32)44-25-42-35-36(40-24-41-37(35)44)43-38(45)26-9-5-3-6-10-26/h3-20,24-25,32-34H,21-23H2,1-2H3,(H-,40,41,43,45,46,47)/p+1. The number of carbonyl (C=O) groups is 1. The molecule has 4 unspecified atom stereocenters. The Labute approximate surface area is 301 Å². The number of benzene rings is 4. The van der Waals surface area contributed by atoms with Crippen LogP contribution in [0.15, 0.2) is 122 Å². The lowest BCUT2D eigenvalue weighted by molar-refractivity contribution is -0.133.